The van der Waals surface area contributed by atoms with Gasteiger partial charge in [0.15, 0.2) is 52.4 Å². The van der Waals surface area contributed by atoms with Crippen LogP contribution in [0.25, 0.3) is 267 Å². The molecule has 0 aliphatic carbocycles. The number of nitrogens with zero attached hydrogens (tertiary/aromatic N) is 9. The molecule has 3 heterocycles. The molecule has 9 nitrogen and oxygen atoms in total. The van der Waals surface area contributed by atoms with Crippen molar-refractivity contribution in [3.63, 3.8) is 0 Å². The third-order valence-electron chi connectivity index (χ3n) is 26.7. The Labute approximate surface area is 798 Å². The zero-order valence-electron chi connectivity index (χ0n) is 74.8. The van der Waals surface area contributed by atoms with Gasteiger partial charge in [-0.3, -0.25) is 0 Å². The molecule has 0 saturated carbocycles. The second kappa shape index (κ2) is 35.2. The van der Waals surface area contributed by atoms with E-state index in [1.165, 1.54) is 75.8 Å². The molecule has 9 heteroatoms. The maximum absolute atomic E-state index is 5.39. The minimum atomic E-state index is 0.549. The first kappa shape index (κ1) is 81.4. The van der Waals surface area contributed by atoms with Gasteiger partial charge in [-0.1, -0.05) is 449 Å². The molecule has 0 atom stereocenters. The Morgan fingerprint density at radius 3 is 0.486 bits per heavy atom. The van der Waals surface area contributed by atoms with Crippen LogP contribution in [0.1, 0.15) is 0 Å². The van der Waals surface area contributed by atoms with Crippen molar-refractivity contribution in [3.8, 4) is 203 Å². The minimum absolute atomic E-state index is 0.549. The molecule has 0 bridgehead atoms. The van der Waals surface area contributed by atoms with Gasteiger partial charge in [-0.05, 0) is 207 Å². The lowest BCUT2D eigenvalue weighted by molar-refractivity contribution is 1.07. The van der Waals surface area contributed by atoms with Gasteiger partial charge in [-0.15, -0.1) is 0 Å². The van der Waals surface area contributed by atoms with Crippen LogP contribution in [0.15, 0.2) is 491 Å². The van der Waals surface area contributed by atoms with Crippen LogP contribution in [0.4, 0.5) is 0 Å². The van der Waals surface area contributed by atoms with Crippen molar-refractivity contribution in [1.82, 2.24) is 44.9 Å². The number of rotatable bonds is 18. The fourth-order valence-corrected chi connectivity index (χ4v) is 19.5. The lowest BCUT2D eigenvalue weighted by atomic mass is 9.93. The van der Waals surface area contributed by atoms with Crippen LogP contribution in [0.5, 0.6) is 0 Å². The summed E-state index contributed by atoms with van der Waals surface area (Å²) in [5.74, 6) is 5.16. The summed E-state index contributed by atoms with van der Waals surface area (Å²) < 4.78 is 0. The summed E-state index contributed by atoms with van der Waals surface area (Å²) in [6, 6.07) is 174. The van der Waals surface area contributed by atoms with E-state index in [0.29, 0.717) is 52.4 Å². The van der Waals surface area contributed by atoms with Gasteiger partial charge in [0.1, 0.15) is 0 Å². The monoisotopic (exact) mass is 1760 g/mol. The highest BCUT2D eigenvalue weighted by Crippen LogP contribution is 2.44. The first-order chi connectivity index (χ1) is 68.3. The summed E-state index contributed by atoms with van der Waals surface area (Å²) in [6.45, 7) is 0. The predicted octanol–water partition coefficient (Wildman–Crippen LogP) is 33.2. The van der Waals surface area contributed by atoms with Crippen molar-refractivity contribution in [1.29, 1.82) is 0 Å². The topological polar surface area (TPSA) is 116 Å². The van der Waals surface area contributed by atoms with Gasteiger partial charge >= 0.3 is 0 Å². The molecule has 25 rings (SSSR count). The van der Waals surface area contributed by atoms with Crippen LogP contribution in [-0.4, -0.2) is 44.9 Å². The molecule has 0 unspecified atom stereocenters. The smallest absolute Gasteiger partial charge is 0.164 e. The molecule has 0 amide bonds. The average molecular weight is 1760 g/mol. The van der Waals surface area contributed by atoms with Crippen molar-refractivity contribution in [2.75, 3.05) is 0 Å². The highest BCUT2D eigenvalue weighted by Gasteiger charge is 2.22. The van der Waals surface area contributed by atoms with Gasteiger partial charge in [-0.2, -0.15) is 0 Å². The number of hydrogen-bond donors (Lipinski definition) is 0. The second-order valence-electron chi connectivity index (χ2n) is 35.1. The molecule has 0 aliphatic heterocycles. The van der Waals surface area contributed by atoms with Crippen molar-refractivity contribution in [2.24, 2.45) is 0 Å². The quantitative estimate of drug-likeness (QED) is 0.0774. The molecule has 0 fully saturated rings. The van der Waals surface area contributed by atoms with Gasteiger partial charge in [0, 0.05) is 50.1 Å². The summed E-state index contributed by atoms with van der Waals surface area (Å²) in [6.07, 6.45) is 0. The Kier molecular flexibility index (Phi) is 20.8. The van der Waals surface area contributed by atoms with E-state index in [0.717, 1.165) is 139 Å². The molecule has 0 radical (unpaired) electrons. The first-order valence-corrected chi connectivity index (χ1v) is 46.6. The Balaban J connectivity index is 0.525. The third kappa shape index (κ3) is 15.8. The van der Waals surface area contributed by atoms with Crippen LogP contribution in [-0.2, 0) is 0 Å². The van der Waals surface area contributed by atoms with E-state index < -0.39 is 0 Å². The normalized spacial score (nSPS) is 11.5. The Hall–Kier alpha value is -18.6. The summed E-state index contributed by atoms with van der Waals surface area (Å²) in [4.78, 5) is 47.6. The van der Waals surface area contributed by atoms with Crippen LogP contribution in [0.2, 0.25) is 0 Å². The van der Waals surface area contributed by atoms with Gasteiger partial charge in [0.05, 0.1) is 0 Å². The summed E-state index contributed by atoms with van der Waals surface area (Å²) in [5, 5.41) is 14.6. The van der Waals surface area contributed by atoms with E-state index in [9.17, 15) is 0 Å². The zero-order chi connectivity index (χ0) is 91.4. The SMILES string of the molecule is c1ccc(-c2ccc(-c3nc(-c4ccc(-c5cccc(-c6ccc(-c7nc(-c8ccc(-c9cc%10ccccc%10c%10ccccc9%10)cc8)nc(-c8cccc(-c9cccc(-c%10cccc(-c%11nc(-c%12ccc(-c%13ccccc%13)cc%12)nc(-c%12ccc(-c%13cc%14ccccc%14c%14ccccc%13%14)cc%12)n%11)c%10)c9)c8)n7)cc6)c5)cc4)nc(-c4ccc(-c5cc6ccccc6c6ccccc56)cc4)n3)cc2)cc1. The molecular weight excluding hydrogens is 1680 g/mol. The van der Waals surface area contributed by atoms with Crippen molar-refractivity contribution in [3.05, 3.63) is 491 Å². The molecule has 22 aromatic carbocycles. The molecule has 3 aromatic heterocycles. The standard InChI is InChI=1S/C129H81N9/c1-3-23-82(24-4-1)84-47-61-91(62-48-84)121-130-122(132-123(131-121)95-69-55-88(56-70-95)118-79-104-27-7-10-38-109(104)112-41-13-16-44-115(112)118)93-65-51-86(52-66-93)98-30-19-31-99(75-98)87-53-67-94(68-54-87)125-134-127(97-73-59-90(60-74-97)120-81-106-29-9-12-40-111(106)114-43-15-18-46-117(114)120)138-129(136-125)108-37-22-35-103(78-108)101-33-20-32-100(76-101)102-34-21-36-107(77-102)128-135-124(92-63-49-85(50-64-92)83-25-5-2-6-26-83)133-126(137-128)96-71-57-89(58-72-96)119-80-105-28-8-11-39-110(105)113-42-14-17-45-116(113)119/h1-81H. The lowest BCUT2D eigenvalue weighted by Gasteiger charge is -2.13. The molecule has 0 N–H and O–H groups in total. The minimum Gasteiger partial charge on any atom is -0.208 e. The van der Waals surface area contributed by atoms with E-state index in [-0.39, 0.29) is 0 Å². The van der Waals surface area contributed by atoms with E-state index in [1.54, 1.807) is 0 Å². The molecule has 25 aromatic rings. The van der Waals surface area contributed by atoms with Gasteiger partial charge in [-0.25, -0.2) is 44.9 Å². The third-order valence-corrected chi connectivity index (χ3v) is 26.7. The number of aromatic nitrogens is 9. The van der Waals surface area contributed by atoms with Gasteiger partial charge in [0.25, 0.3) is 0 Å². The molecule has 138 heavy (non-hydrogen) atoms. The van der Waals surface area contributed by atoms with Gasteiger partial charge in [0.2, 0.25) is 0 Å². The summed E-state index contributed by atoms with van der Waals surface area (Å²) >= 11 is 0. The van der Waals surface area contributed by atoms with E-state index in [2.05, 4.69) is 479 Å². The predicted molar refractivity (Wildman–Crippen MR) is 569 cm³/mol. The second-order valence-corrected chi connectivity index (χ2v) is 35.1. The number of benzene rings is 22. The largest absolute Gasteiger partial charge is 0.208 e. The average Bonchev–Trinajstić information content (AvgIpc) is 0.766. The number of hydrogen-bond acceptors (Lipinski definition) is 9. The molecule has 642 valence electrons. The Morgan fingerprint density at radius 2 is 0.239 bits per heavy atom. The van der Waals surface area contributed by atoms with Crippen LogP contribution in [0, 0.1) is 0 Å². The maximum Gasteiger partial charge on any atom is 0.164 e. The number of fused-ring (bicyclic) bond motifs is 9. The van der Waals surface area contributed by atoms with Crippen molar-refractivity contribution < 1.29 is 0 Å². The fourth-order valence-electron chi connectivity index (χ4n) is 19.5. The molecule has 0 spiro atoms. The van der Waals surface area contributed by atoms with Crippen molar-refractivity contribution >= 4 is 64.6 Å². The van der Waals surface area contributed by atoms with Gasteiger partial charge < -0.3 is 0 Å². The fraction of sp³-hybridized carbons (Fsp3) is 0. The molecular formula is C129H81N9. The Morgan fingerprint density at radius 1 is 0.0870 bits per heavy atom. The zero-order valence-corrected chi connectivity index (χ0v) is 74.8. The highest BCUT2D eigenvalue weighted by atomic mass is 15.1. The maximum atomic E-state index is 5.39. The summed E-state index contributed by atoms with van der Waals surface area (Å²) in [7, 11) is 0. The van der Waals surface area contributed by atoms with Crippen LogP contribution < -0.4 is 0 Å². The van der Waals surface area contributed by atoms with Crippen LogP contribution in [0.3, 0.4) is 0 Å². The van der Waals surface area contributed by atoms with Crippen LogP contribution >= 0.6 is 0 Å². The summed E-state index contributed by atoms with van der Waals surface area (Å²) in [5.41, 5.74) is 27.5. The molecule has 0 saturated heterocycles. The van der Waals surface area contributed by atoms with E-state index in [4.69, 9.17) is 44.9 Å². The van der Waals surface area contributed by atoms with E-state index >= 15 is 0 Å². The van der Waals surface area contributed by atoms with E-state index in [1.807, 2.05) is 12.1 Å². The first-order valence-electron chi connectivity index (χ1n) is 46.6. The van der Waals surface area contributed by atoms with Crippen molar-refractivity contribution in [2.45, 2.75) is 0 Å². The highest BCUT2D eigenvalue weighted by molar-refractivity contribution is 6.16. The lowest BCUT2D eigenvalue weighted by Crippen LogP contribution is -2.00. The Bertz CT molecular complexity index is 9000. The molecule has 0 aliphatic rings.